The minimum absolute atomic E-state index is 0.00290. The Labute approximate surface area is 157 Å². The summed E-state index contributed by atoms with van der Waals surface area (Å²) in [6, 6.07) is 4.85. The zero-order valence-electron chi connectivity index (χ0n) is 14.1. The number of hydrogen-bond acceptors (Lipinski definition) is 5. The lowest BCUT2D eigenvalue weighted by molar-refractivity contribution is 0.0583. The van der Waals surface area contributed by atoms with Crippen LogP contribution in [0.4, 0.5) is 0 Å². The van der Waals surface area contributed by atoms with Crippen LogP contribution in [0.1, 0.15) is 16.2 Å². The van der Waals surface area contributed by atoms with Gasteiger partial charge in [-0.25, -0.2) is 14.6 Å². The zero-order valence-corrected chi connectivity index (χ0v) is 15.6. The van der Waals surface area contributed by atoms with E-state index in [2.05, 4.69) is 9.72 Å². The Bertz CT molecular complexity index is 1160. The molecule has 2 aromatic heterocycles. The normalized spacial score (nSPS) is 11.1. The summed E-state index contributed by atoms with van der Waals surface area (Å²) < 4.78 is 8.23. The molecule has 0 amide bonds. The van der Waals surface area contributed by atoms with E-state index in [1.54, 1.807) is 18.2 Å². The molecule has 0 unspecified atom stereocenters. The molecule has 1 aromatic carbocycles. The van der Waals surface area contributed by atoms with Gasteiger partial charge in [-0.15, -0.1) is 0 Å². The predicted molar refractivity (Wildman–Crippen MR) is 97.1 cm³/mol. The van der Waals surface area contributed by atoms with E-state index < -0.39 is 17.2 Å². The first kappa shape index (κ1) is 18.2. The number of nitrogens with zero attached hydrogens (tertiary/aromatic N) is 4. The van der Waals surface area contributed by atoms with Crippen LogP contribution in [0.15, 0.2) is 27.8 Å². The summed E-state index contributed by atoms with van der Waals surface area (Å²) in [4.78, 5) is 41.4. The second kappa shape index (κ2) is 6.62. The summed E-state index contributed by atoms with van der Waals surface area (Å²) in [5.74, 6) is -0.770. The standard InChI is InChI=1S/C16H14Cl2N4O4/c1-20-11-12(19-13(20)15(24)26-3)21(2)16(25)22(14(11)23)7-8-4-5-9(17)10(18)6-8/h4-6H,7H2,1-3H3. The summed E-state index contributed by atoms with van der Waals surface area (Å²) in [5, 5.41) is 0.698. The third kappa shape index (κ3) is 2.81. The summed E-state index contributed by atoms with van der Waals surface area (Å²) >= 11 is 11.9. The van der Waals surface area contributed by atoms with Crippen LogP contribution in [-0.2, 0) is 25.4 Å². The van der Waals surface area contributed by atoms with Gasteiger partial charge in [-0.1, -0.05) is 29.3 Å². The maximum absolute atomic E-state index is 12.9. The van der Waals surface area contributed by atoms with Gasteiger partial charge in [0.25, 0.3) is 5.56 Å². The first-order valence-electron chi connectivity index (χ1n) is 7.44. The van der Waals surface area contributed by atoms with Crippen LogP contribution in [0.3, 0.4) is 0 Å². The van der Waals surface area contributed by atoms with Gasteiger partial charge in [-0.3, -0.25) is 13.9 Å². The number of benzene rings is 1. The number of rotatable bonds is 3. The van der Waals surface area contributed by atoms with Gasteiger partial charge in [0.15, 0.2) is 11.2 Å². The van der Waals surface area contributed by atoms with E-state index >= 15 is 0 Å². The van der Waals surface area contributed by atoms with Gasteiger partial charge >= 0.3 is 11.7 Å². The van der Waals surface area contributed by atoms with Gasteiger partial charge in [0, 0.05) is 14.1 Å². The van der Waals surface area contributed by atoms with E-state index in [1.807, 2.05) is 0 Å². The molecule has 8 nitrogen and oxygen atoms in total. The molecule has 0 aliphatic heterocycles. The van der Waals surface area contributed by atoms with Gasteiger partial charge in [0.2, 0.25) is 5.82 Å². The lowest BCUT2D eigenvalue weighted by Gasteiger charge is -2.09. The fraction of sp³-hybridized carbons (Fsp3) is 0.250. The number of hydrogen-bond donors (Lipinski definition) is 0. The Morgan fingerprint density at radius 3 is 2.46 bits per heavy atom. The maximum Gasteiger partial charge on any atom is 0.374 e. The maximum atomic E-state index is 12.9. The van der Waals surface area contributed by atoms with Crippen molar-refractivity contribution in [1.82, 2.24) is 18.7 Å². The molecular weight excluding hydrogens is 383 g/mol. The summed E-state index contributed by atoms with van der Waals surface area (Å²) in [7, 11) is 4.20. The van der Waals surface area contributed by atoms with Crippen LogP contribution in [0.5, 0.6) is 0 Å². The minimum Gasteiger partial charge on any atom is -0.463 e. The second-order valence-corrected chi connectivity index (χ2v) is 6.45. The summed E-state index contributed by atoms with van der Waals surface area (Å²) in [6.07, 6.45) is 0. The molecular formula is C16H14Cl2N4O4. The largest absolute Gasteiger partial charge is 0.463 e. The molecule has 0 aliphatic carbocycles. The first-order chi connectivity index (χ1) is 12.3. The van der Waals surface area contributed by atoms with Crippen LogP contribution < -0.4 is 11.2 Å². The zero-order chi connectivity index (χ0) is 19.2. The first-order valence-corrected chi connectivity index (χ1v) is 8.20. The summed E-state index contributed by atoms with van der Waals surface area (Å²) in [6.45, 7) is -0.00290. The van der Waals surface area contributed by atoms with Crippen molar-refractivity contribution in [2.24, 2.45) is 14.1 Å². The summed E-state index contributed by atoms with van der Waals surface area (Å²) in [5.41, 5.74) is -0.281. The number of esters is 1. The molecule has 3 rings (SSSR count). The molecule has 0 saturated heterocycles. The minimum atomic E-state index is -0.702. The molecule has 26 heavy (non-hydrogen) atoms. The van der Waals surface area contributed by atoms with Crippen molar-refractivity contribution in [2.75, 3.05) is 7.11 Å². The van der Waals surface area contributed by atoms with Gasteiger partial charge in [0.1, 0.15) is 0 Å². The topological polar surface area (TPSA) is 88.1 Å². The van der Waals surface area contributed by atoms with E-state index in [0.29, 0.717) is 15.6 Å². The average molecular weight is 397 g/mol. The highest BCUT2D eigenvalue weighted by Gasteiger charge is 2.22. The molecule has 0 bridgehead atoms. The molecule has 0 atom stereocenters. The lowest BCUT2D eigenvalue weighted by atomic mass is 10.2. The van der Waals surface area contributed by atoms with Gasteiger partial charge in [-0.2, -0.15) is 0 Å². The highest BCUT2D eigenvalue weighted by molar-refractivity contribution is 6.42. The molecule has 0 N–H and O–H groups in total. The van der Waals surface area contributed by atoms with Gasteiger partial charge in [-0.05, 0) is 17.7 Å². The molecule has 0 spiro atoms. The van der Waals surface area contributed by atoms with Gasteiger partial charge in [0.05, 0.1) is 23.7 Å². The third-order valence-corrected chi connectivity index (χ3v) is 4.79. The van der Waals surface area contributed by atoms with Crippen molar-refractivity contribution in [2.45, 2.75) is 6.54 Å². The molecule has 136 valence electrons. The highest BCUT2D eigenvalue weighted by Crippen LogP contribution is 2.22. The number of ether oxygens (including phenoxy) is 1. The van der Waals surface area contributed by atoms with Crippen molar-refractivity contribution in [3.8, 4) is 0 Å². The Morgan fingerprint density at radius 2 is 1.85 bits per heavy atom. The van der Waals surface area contributed by atoms with E-state index in [1.165, 1.54) is 30.3 Å². The van der Waals surface area contributed by atoms with Crippen molar-refractivity contribution in [3.63, 3.8) is 0 Å². The van der Waals surface area contributed by atoms with Crippen LogP contribution in [0, 0.1) is 0 Å². The van der Waals surface area contributed by atoms with Crippen LogP contribution in [-0.4, -0.2) is 31.8 Å². The van der Waals surface area contributed by atoms with E-state index in [9.17, 15) is 14.4 Å². The number of carbonyl (C=O) groups is 1. The Balaban J connectivity index is 2.25. The van der Waals surface area contributed by atoms with Crippen molar-refractivity contribution in [3.05, 3.63) is 60.5 Å². The third-order valence-electron chi connectivity index (χ3n) is 4.05. The van der Waals surface area contributed by atoms with E-state index in [0.717, 1.165) is 4.57 Å². The van der Waals surface area contributed by atoms with E-state index in [-0.39, 0.29) is 23.5 Å². The Hall–Kier alpha value is -2.58. The number of imidazole rings is 1. The predicted octanol–water partition coefficient (Wildman–Crippen LogP) is 1.58. The molecule has 0 saturated carbocycles. The van der Waals surface area contributed by atoms with Crippen LogP contribution >= 0.6 is 23.2 Å². The quantitative estimate of drug-likeness (QED) is 0.627. The smallest absolute Gasteiger partial charge is 0.374 e. The molecule has 3 aromatic rings. The Kier molecular flexibility index (Phi) is 4.64. The van der Waals surface area contributed by atoms with Crippen molar-refractivity contribution >= 4 is 40.3 Å². The van der Waals surface area contributed by atoms with Gasteiger partial charge < -0.3 is 9.30 Å². The Morgan fingerprint density at radius 1 is 1.15 bits per heavy atom. The fourth-order valence-corrected chi connectivity index (χ4v) is 3.00. The lowest BCUT2D eigenvalue weighted by Crippen LogP contribution is -2.39. The number of methoxy groups -OCH3 is 1. The highest BCUT2D eigenvalue weighted by atomic mass is 35.5. The molecule has 0 fully saturated rings. The number of aryl methyl sites for hydroxylation is 2. The van der Waals surface area contributed by atoms with Crippen molar-refractivity contribution in [1.29, 1.82) is 0 Å². The van der Waals surface area contributed by atoms with Crippen molar-refractivity contribution < 1.29 is 9.53 Å². The number of halogens is 2. The monoisotopic (exact) mass is 396 g/mol. The average Bonchev–Trinajstić information content (AvgIpc) is 2.96. The van der Waals surface area contributed by atoms with E-state index in [4.69, 9.17) is 23.2 Å². The number of aromatic nitrogens is 4. The number of carbonyl (C=O) groups excluding carboxylic acids is 1. The molecule has 0 radical (unpaired) electrons. The second-order valence-electron chi connectivity index (χ2n) is 5.64. The molecule has 2 heterocycles. The molecule has 0 aliphatic rings. The fourth-order valence-electron chi connectivity index (χ4n) is 2.68. The van der Waals surface area contributed by atoms with Crippen LogP contribution in [0.25, 0.3) is 11.2 Å². The molecule has 10 heteroatoms. The number of fused-ring (bicyclic) bond motifs is 1. The SMILES string of the molecule is COC(=O)c1nc2c(c(=O)n(Cc3ccc(Cl)c(Cl)c3)c(=O)n2C)n1C. The van der Waals surface area contributed by atoms with Crippen LogP contribution in [0.2, 0.25) is 10.0 Å².